The Hall–Kier alpha value is -1.22. The predicted octanol–water partition coefficient (Wildman–Crippen LogP) is 1.70. The van der Waals surface area contributed by atoms with Gasteiger partial charge in [0.25, 0.3) is 0 Å². The van der Waals surface area contributed by atoms with E-state index in [4.69, 9.17) is 0 Å². The zero-order valence-electron chi connectivity index (χ0n) is 8.12. The summed E-state index contributed by atoms with van der Waals surface area (Å²) < 4.78 is 0. The first-order chi connectivity index (χ1) is 6.25. The molecule has 1 heterocycles. The van der Waals surface area contributed by atoms with E-state index < -0.39 is 0 Å². The molecule has 0 saturated carbocycles. The van der Waals surface area contributed by atoms with Crippen molar-refractivity contribution in [3.8, 4) is 0 Å². The Labute approximate surface area is 78.9 Å². The number of hydrogen-bond donors (Lipinski definition) is 1. The smallest absolute Gasteiger partial charge is 0.149 e. The van der Waals surface area contributed by atoms with Crippen LogP contribution in [0.15, 0.2) is 30.6 Å². The molecule has 0 aliphatic carbocycles. The molecule has 0 saturated heterocycles. The van der Waals surface area contributed by atoms with Gasteiger partial charge in [0.15, 0.2) is 0 Å². The van der Waals surface area contributed by atoms with Crippen molar-refractivity contribution in [3.05, 3.63) is 36.4 Å². The van der Waals surface area contributed by atoms with Gasteiger partial charge in [-0.05, 0) is 19.5 Å². The van der Waals surface area contributed by atoms with Crippen LogP contribution >= 0.6 is 0 Å². The SMILES string of the molecule is C=C(C)C(NCC)c1ncccn1. The molecule has 1 atom stereocenters. The van der Waals surface area contributed by atoms with Crippen LogP contribution in [-0.2, 0) is 0 Å². The van der Waals surface area contributed by atoms with E-state index in [1.807, 2.05) is 13.0 Å². The highest BCUT2D eigenvalue weighted by atomic mass is 15.0. The molecule has 0 radical (unpaired) electrons. The van der Waals surface area contributed by atoms with Gasteiger partial charge in [-0.1, -0.05) is 19.1 Å². The number of likely N-dealkylation sites (N-methyl/N-ethyl adjacent to an activating group) is 1. The quantitative estimate of drug-likeness (QED) is 0.711. The summed E-state index contributed by atoms with van der Waals surface area (Å²) in [7, 11) is 0. The molecule has 13 heavy (non-hydrogen) atoms. The Morgan fingerprint density at radius 3 is 2.62 bits per heavy atom. The number of aromatic nitrogens is 2. The van der Waals surface area contributed by atoms with Crippen LogP contribution in [0.4, 0.5) is 0 Å². The van der Waals surface area contributed by atoms with Crippen molar-refractivity contribution in [1.29, 1.82) is 0 Å². The molecule has 3 heteroatoms. The molecule has 1 unspecified atom stereocenters. The molecule has 1 N–H and O–H groups in total. The maximum absolute atomic E-state index is 4.18. The predicted molar refractivity (Wildman–Crippen MR) is 53.3 cm³/mol. The summed E-state index contributed by atoms with van der Waals surface area (Å²) in [6.45, 7) is 8.82. The third kappa shape index (κ3) is 2.63. The lowest BCUT2D eigenvalue weighted by Crippen LogP contribution is -2.23. The van der Waals surface area contributed by atoms with E-state index in [0.29, 0.717) is 0 Å². The van der Waals surface area contributed by atoms with Crippen molar-refractivity contribution in [2.75, 3.05) is 6.54 Å². The van der Waals surface area contributed by atoms with E-state index in [1.54, 1.807) is 12.4 Å². The van der Waals surface area contributed by atoms with Crippen molar-refractivity contribution >= 4 is 0 Å². The molecule has 70 valence electrons. The minimum Gasteiger partial charge on any atom is -0.304 e. The summed E-state index contributed by atoms with van der Waals surface area (Å²) in [6.07, 6.45) is 3.49. The van der Waals surface area contributed by atoms with Gasteiger partial charge >= 0.3 is 0 Å². The second kappa shape index (κ2) is 4.72. The summed E-state index contributed by atoms with van der Waals surface area (Å²) in [6, 6.07) is 1.89. The topological polar surface area (TPSA) is 37.8 Å². The molecular weight excluding hydrogens is 162 g/mol. The highest BCUT2D eigenvalue weighted by Crippen LogP contribution is 2.14. The van der Waals surface area contributed by atoms with Gasteiger partial charge in [0.1, 0.15) is 5.82 Å². The zero-order valence-corrected chi connectivity index (χ0v) is 8.12. The highest BCUT2D eigenvalue weighted by Gasteiger charge is 2.12. The van der Waals surface area contributed by atoms with E-state index in [9.17, 15) is 0 Å². The van der Waals surface area contributed by atoms with Gasteiger partial charge in [-0.25, -0.2) is 9.97 Å². The fourth-order valence-electron chi connectivity index (χ4n) is 1.15. The molecule has 0 aliphatic heterocycles. The number of nitrogens with one attached hydrogen (secondary N) is 1. The lowest BCUT2D eigenvalue weighted by atomic mass is 10.1. The van der Waals surface area contributed by atoms with Crippen LogP contribution in [0.1, 0.15) is 25.7 Å². The average Bonchev–Trinajstić information content (AvgIpc) is 2.15. The molecule has 0 aliphatic rings. The molecule has 1 aromatic rings. The van der Waals surface area contributed by atoms with Gasteiger partial charge in [-0.2, -0.15) is 0 Å². The van der Waals surface area contributed by atoms with Gasteiger partial charge in [-0.15, -0.1) is 0 Å². The van der Waals surface area contributed by atoms with Crippen LogP contribution in [0.3, 0.4) is 0 Å². The first kappa shape index (κ1) is 9.86. The van der Waals surface area contributed by atoms with Crippen molar-refractivity contribution < 1.29 is 0 Å². The molecule has 0 spiro atoms. The van der Waals surface area contributed by atoms with E-state index in [2.05, 4.69) is 28.8 Å². The molecule has 1 aromatic heterocycles. The largest absolute Gasteiger partial charge is 0.304 e. The average molecular weight is 177 g/mol. The maximum atomic E-state index is 4.18. The summed E-state index contributed by atoms with van der Waals surface area (Å²) in [5, 5.41) is 3.27. The van der Waals surface area contributed by atoms with Crippen molar-refractivity contribution in [2.24, 2.45) is 0 Å². The van der Waals surface area contributed by atoms with E-state index >= 15 is 0 Å². The van der Waals surface area contributed by atoms with Gasteiger partial charge in [-0.3, -0.25) is 0 Å². The van der Waals surface area contributed by atoms with E-state index in [1.165, 1.54) is 0 Å². The second-order valence-electron chi connectivity index (χ2n) is 2.94. The standard InChI is InChI=1S/C10H15N3/c1-4-11-9(8(2)3)10-12-6-5-7-13-10/h5-7,9,11H,2,4H2,1,3H3. The molecule has 0 amide bonds. The monoisotopic (exact) mass is 177 g/mol. The zero-order chi connectivity index (χ0) is 9.68. The van der Waals surface area contributed by atoms with Gasteiger partial charge < -0.3 is 5.32 Å². The summed E-state index contributed by atoms with van der Waals surface area (Å²) in [5.74, 6) is 0.789. The Morgan fingerprint density at radius 2 is 2.15 bits per heavy atom. The normalized spacial score (nSPS) is 12.5. The minimum atomic E-state index is 0.0752. The fourth-order valence-corrected chi connectivity index (χ4v) is 1.15. The molecule has 0 bridgehead atoms. The van der Waals surface area contributed by atoms with Crippen LogP contribution in [0, 0.1) is 0 Å². The Bertz CT molecular complexity index is 269. The molecule has 3 nitrogen and oxygen atoms in total. The van der Waals surface area contributed by atoms with Gasteiger partial charge in [0.05, 0.1) is 6.04 Å². The number of rotatable bonds is 4. The lowest BCUT2D eigenvalue weighted by Gasteiger charge is -2.15. The van der Waals surface area contributed by atoms with E-state index in [0.717, 1.165) is 17.9 Å². The summed E-state index contributed by atoms with van der Waals surface area (Å²) >= 11 is 0. The molecule has 0 fully saturated rings. The second-order valence-corrected chi connectivity index (χ2v) is 2.94. The molecule has 1 rings (SSSR count). The maximum Gasteiger partial charge on any atom is 0.149 e. The summed E-state index contributed by atoms with van der Waals surface area (Å²) in [5.41, 5.74) is 1.04. The van der Waals surface area contributed by atoms with Gasteiger partial charge in [0, 0.05) is 12.4 Å². The van der Waals surface area contributed by atoms with Crippen LogP contribution in [0.5, 0.6) is 0 Å². The van der Waals surface area contributed by atoms with Crippen LogP contribution < -0.4 is 5.32 Å². The third-order valence-electron chi connectivity index (χ3n) is 1.74. The molecule has 0 aromatic carbocycles. The van der Waals surface area contributed by atoms with Crippen LogP contribution in [0.25, 0.3) is 0 Å². The van der Waals surface area contributed by atoms with Gasteiger partial charge in [0.2, 0.25) is 0 Å². The lowest BCUT2D eigenvalue weighted by molar-refractivity contribution is 0.589. The third-order valence-corrected chi connectivity index (χ3v) is 1.74. The number of hydrogen-bond acceptors (Lipinski definition) is 3. The first-order valence-electron chi connectivity index (χ1n) is 4.41. The van der Waals surface area contributed by atoms with E-state index in [-0.39, 0.29) is 6.04 Å². The Kier molecular flexibility index (Phi) is 3.58. The first-order valence-corrected chi connectivity index (χ1v) is 4.41. The summed E-state index contributed by atoms with van der Waals surface area (Å²) in [4.78, 5) is 8.37. The van der Waals surface area contributed by atoms with Crippen molar-refractivity contribution in [3.63, 3.8) is 0 Å². The van der Waals surface area contributed by atoms with Crippen molar-refractivity contribution in [1.82, 2.24) is 15.3 Å². The minimum absolute atomic E-state index is 0.0752. The highest BCUT2D eigenvalue weighted by molar-refractivity contribution is 5.11. The number of nitrogens with zero attached hydrogens (tertiary/aromatic N) is 2. The van der Waals surface area contributed by atoms with Crippen molar-refractivity contribution in [2.45, 2.75) is 19.9 Å². The van der Waals surface area contributed by atoms with Crippen LogP contribution in [0.2, 0.25) is 0 Å². The molecular formula is C10H15N3. The van der Waals surface area contributed by atoms with Crippen LogP contribution in [-0.4, -0.2) is 16.5 Å². The Morgan fingerprint density at radius 1 is 1.54 bits per heavy atom. The fraction of sp³-hybridized carbons (Fsp3) is 0.400. The Balaban J connectivity index is 2.82.